The lowest BCUT2D eigenvalue weighted by Crippen LogP contribution is -2.29. The molecule has 0 radical (unpaired) electrons. The Bertz CT molecular complexity index is 1180. The van der Waals surface area contributed by atoms with E-state index in [2.05, 4.69) is 20.1 Å². The van der Waals surface area contributed by atoms with Crippen LogP contribution in [0.25, 0.3) is 11.4 Å². The molecule has 0 saturated carbocycles. The standard InChI is InChI=1S/C24H21N5O2/c1-16-9-10-19(13-26-16)24(30)29-14-20(18-8-5-11-25-12-18)21(15-29)23-27-22(28-31-23)17-6-3-2-4-7-17/h2-13,20-21H,14-15H2,1H3. The highest BCUT2D eigenvalue weighted by molar-refractivity contribution is 5.94. The fourth-order valence-corrected chi connectivity index (χ4v) is 4.02. The largest absolute Gasteiger partial charge is 0.339 e. The Labute approximate surface area is 179 Å². The van der Waals surface area contributed by atoms with Gasteiger partial charge < -0.3 is 9.42 Å². The lowest BCUT2D eigenvalue weighted by Gasteiger charge is -2.16. The maximum Gasteiger partial charge on any atom is 0.255 e. The van der Waals surface area contributed by atoms with Gasteiger partial charge in [0.2, 0.25) is 11.7 Å². The van der Waals surface area contributed by atoms with Crippen molar-refractivity contribution in [3.8, 4) is 11.4 Å². The molecule has 31 heavy (non-hydrogen) atoms. The summed E-state index contributed by atoms with van der Waals surface area (Å²) in [5.74, 6) is 0.932. The molecule has 2 unspecified atom stereocenters. The lowest BCUT2D eigenvalue weighted by atomic mass is 9.90. The summed E-state index contributed by atoms with van der Waals surface area (Å²) in [4.78, 5) is 28.2. The van der Waals surface area contributed by atoms with E-state index in [-0.39, 0.29) is 17.7 Å². The second-order valence-corrected chi connectivity index (χ2v) is 7.72. The van der Waals surface area contributed by atoms with Crippen molar-refractivity contribution in [1.29, 1.82) is 0 Å². The molecule has 1 amide bonds. The Morgan fingerprint density at radius 3 is 2.58 bits per heavy atom. The SMILES string of the molecule is Cc1ccc(C(=O)N2CC(c3cccnc3)C(c3nc(-c4ccccc4)no3)C2)cn1. The Kier molecular flexibility index (Phi) is 5.00. The van der Waals surface area contributed by atoms with Crippen LogP contribution in [0.4, 0.5) is 0 Å². The van der Waals surface area contributed by atoms with Gasteiger partial charge in [-0.15, -0.1) is 0 Å². The van der Waals surface area contributed by atoms with Crippen LogP contribution in [-0.2, 0) is 0 Å². The van der Waals surface area contributed by atoms with Crippen LogP contribution in [0, 0.1) is 6.92 Å². The van der Waals surface area contributed by atoms with E-state index in [9.17, 15) is 4.79 Å². The number of amides is 1. The molecule has 1 saturated heterocycles. The number of nitrogens with zero attached hydrogens (tertiary/aromatic N) is 5. The van der Waals surface area contributed by atoms with Gasteiger partial charge in [0.05, 0.1) is 11.5 Å². The molecule has 4 heterocycles. The molecular weight excluding hydrogens is 390 g/mol. The Morgan fingerprint density at radius 1 is 1.00 bits per heavy atom. The number of benzene rings is 1. The first-order chi connectivity index (χ1) is 15.2. The number of likely N-dealkylation sites (tertiary alicyclic amines) is 1. The van der Waals surface area contributed by atoms with Gasteiger partial charge in [-0.2, -0.15) is 4.98 Å². The number of carbonyl (C=O) groups is 1. The predicted octanol–water partition coefficient (Wildman–Crippen LogP) is 3.86. The molecule has 0 spiro atoms. The number of aromatic nitrogens is 4. The van der Waals surface area contributed by atoms with E-state index >= 15 is 0 Å². The van der Waals surface area contributed by atoms with Crippen molar-refractivity contribution in [2.45, 2.75) is 18.8 Å². The highest BCUT2D eigenvalue weighted by Crippen LogP contribution is 2.39. The van der Waals surface area contributed by atoms with Crippen LogP contribution in [-0.4, -0.2) is 44.0 Å². The molecule has 0 bridgehead atoms. The fourth-order valence-electron chi connectivity index (χ4n) is 4.02. The molecule has 1 aromatic carbocycles. The maximum atomic E-state index is 13.1. The van der Waals surface area contributed by atoms with Gasteiger partial charge in [0.1, 0.15) is 0 Å². The zero-order valence-corrected chi connectivity index (χ0v) is 17.0. The predicted molar refractivity (Wildman–Crippen MR) is 114 cm³/mol. The van der Waals surface area contributed by atoms with Crippen LogP contribution >= 0.6 is 0 Å². The zero-order chi connectivity index (χ0) is 21.2. The quantitative estimate of drug-likeness (QED) is 0.507. The summed E-state index contributed by atoms with van der Waals surface area (Å²) in [6, 6.07) is 17.3. The van der Waals surface area contributed by atoms with Gasteiger partial charge in [-0.05, 0) is 30.7 Å². The van der Waals surface area contributed by atoms with Crippen LogP contribution in [0.5, 0.6) is 0 Å². The fraction of sp³-hybridized carbons (Fsp3) is 0.208. The van der Waals surface area contributed by atoms with Gasteiger partial charge in [-0.3, -0.25) is 14.8 Å². The summed E-state index contributed by atoms with van der Waals surface area (Å²) in [7, 11) is 0. The Morgan fingerprint density at radius 2 is 1.84 bits per heavy atom. The summed E-state index contributed by atoms with van der Waals surface area (Å²) in [6.07, 6.45) is 5.21. The van der Waals surface area contributed by atoms with E-state index in [1.54, 1.807) is 12.4 Å². The highest BCUT2D eigenvalue weighted by atomic mass is 16.5. The molecule has 1 aliphatic rings. The van der Waals surface area contributed by atoms with Crippen molar-refractivity contribution in [3.05, 3.63) is 95.9 Å². The third kappa shape index (κ3) is 3.82. The van der Waals surface area contributed by atoms with Gasteiger partial charge in [-0.25, -0.2) is 0 Å². The molecule has 5 rings (SSSR count). The number of aryl methyl sites for hydroxylation is 1. The Hall–Kier alpha value is -3.87. The molecule has 4 aromatic rings. The van der Waals surface area contributed by atoms with Gasteiger partial charge >= 0.3 is 0 Å². The van der Waals surface area contributed by atoms with Crippen molar-refractivity contribution in [2.75, 3.05) is 13.1 Å². The minimum atomic E-state index is -0.114. The average Bonchev–Trinajstić information content (AvgIpc) is 3.48. The molecule has 7 nitrogen and oxygen atoms in total. The molecule has 154 valence electrons. The number of carbonyl (C=O) groups excluding carboxylic acids is 1. The molecule has 2 atom stereocenters. The first-order valence-electron chi connectivity index (χ1n) is 10.2. The Balaban J connectivity index is 1.46. The number of rotatable bonds is 4. The molecule has 0 aliphatic carbocycles. The van der Waals surface area contributed by atoms with Crippen molar-refractivity contribution >= 4 is 5.91 Å². The van der Waals surface area contributed by atoms with Crippen LogP contribution in [0.3, 0.4) is 0 Å². The van der Waals surface area contributed by atoms with E-state index in [1.165, 1.54) is 0 Å². The molecule has 1 aliphatic heterocycles. The van der Waals surface area contributed by atoms with E-state index in [0.29, 0.717) is 30.4 Å². The first-order valence-corrected chi connectivity index (χ1v) is 10.2. The highest BCUT2D eigenvalue weighted by Gasteiger charge is 2.40. The van der Waals surface area contributed by atoms with Crippen molar-refractivity contribution in [3.63, 3.8) is 0 Å². The third-order valence-corrected chi connectivity index (χ3v) is 5.67. The molecule has 3 aromatic heterocycles. The summed E-state index contributed by atoms with van der Waals surface area (Å²) in [6.45, 7) is 2.94. The lowest BCUT2D eigenvalue weighted by molar-refractivity contribution is 0.0787. The average molecular weight is 411 g/mol. The maximum absolute atomic E-state index is 13.1. The van der Waals surface area contributed by atoms with Crippen LogP contribution in [0.2, 0.25) is 0 Å². The second-order valence-electron chi connectivity index (χ2n) is 7.72. The summed E-state index contributed by atoms with van der Waals surface area (Å²) < 4.78 is 5.67. The zero-order valence-electron chi connectivity index (χ0n) is 17.0. The van der Waals surface area contributed by atoms with E-state index in [0.717, 1.165) is 16.8 Å². The topological polar surface area (TPSA) is 85.0 Å². The smallest absolute Gasteiger partial charge is 0.255 e. The summed E-state index contributed by atoms with van der Waals surface area (Å²) >= 11 is 0. The first kappa shape index (κ1) is 19.1. The number of hydrogen-bond acceptors (Lipinski definition) is 6. The molecule has 1 fully saturated rings. The second kappa shape index (κ2) is 8.10. The minimum absolute atomic E-state index is 0.0140. The summed E-state index contributed by atoms with van der Waals surface area (Å²) in [5, 5.41) is 4.18. The van der Waals surface area contributed by atoms with Crippen molar-refractivity contribution in [2.24, 2.45) is 0 Å². The minimum Gasteiger partial charge on any atom is -0.339 e. The third-order valence-electron chi connectivity index (χ3n) is 5.67. The van der Waals surface area contributed by atoms with Gasteiger partial charge in [0, 0.05) is 48.9 Å². The van der Waals surface area contributed by atoms with E-state index in [4.69, 9.17) is 4.52 Å². The van der Waals surface area contributed by atoms with Crippen molar-refractivity contribution in [1.82, 2.24) is 25.0 Å². The van der Waals surface area contributed by atoms with Gasteiger partial charge in [-0.1, -0.05) is 41.6 Å². The number of pyridine rings is 2. The van der Waals surface area contributed by atoms with E-state index in [1.807, 2.05) is 72.6 Å². The normalized spacial score (nSPS) is 18.3. The monoisotopic (exact) mass is 411 g/mol. The molecule has 7 heteroatoms. The van der Waals surface area contributed by atoms with Crippen LogP contribution in [0.15, 0.2) is 77.7 Å². The molecular formula is C24H21N5O2. The van der Waals surface area contributed by atoms with Crippen LogP contribution < -0.4 is 0 Å². The van der Waals surface area contributed by atoms with Crippen LogP contribution in [0.1, 0.15) is 39.3 Å². The van der Waals surface area contributed by atoms with Gasteiger partial charge in [0.15, 0.2) is 0 Å². The summed E-state index contributed by atoms with van der Waals surface area (Å²) in [5.41, 5.74) is 3.39. The van der Waals surface area contributed by atoms with Gasteiger partial charge in [0.25, 0.3) is 5.91 Å². The van der Waals surface area contributed by atoms with Crippen molar-refractivity contribution < 1.29 is 9.32 Å². The number of hydrogen-bond donors (Lipinski definition) is 0. The van der Waals surface area contributed by atoms with E-state index < -0.39 is 0 Å². The molecule has 0 N–H and O–H groups in total.